The van der Waals surface area contributed by atoms with E-state index in [1.54, 1.807) is 29.0 Å². The van der Waals surface area contributed by atoms with Gasteiger partial charge in [-0.1, -0.05) is 0 Å². The molecule has 4 N–H and O–H groups in total. The highest BCUT2D eigenvalue weighted by atomic mass is 16.5. The van der Waals surface area contributed by atoms with Crippen LogP contribution in [0.2, 0.25) is 0 Å². The molecule has 0 bridgehead atoms. The molecule has 2 heterocycles. The SMILES string of the molecule is CC(C)Oc1ccc(O)c(-c2cn(C3CCCNC3)c(=O)c(N)n2)c1. The Morgan fingerprint density at radius 3 is 2.92 bits per heavy atom. The van der Waals surface area contributed by atoms with Crippen molar-refractivity contribution in [3.63, 3.8) is 0 Å². The number of aromatic nitrogens is 2. The van der Waals surface area contributed by atoms with E-state index in [-0.39, 0.29) is 29.3 Å². The number of aromatic hydroxyl groups is 1. The summed E-state index contributed by atoms with van der Waals surface area (Å²) in [6, 6.07) is 5.00. The molecule has 134 valence electrons. The Morgan fingerprint density at radius 1 is 1.44 bits per heavy atom. The molecule has 1 saturated heterocycles. The molecule has 3 rings (SSSR count). The van der Waals surface area contributed by atoms with E-state index < -0.39 is 0 Å². The molecule has 1 aromatic heterocycles. The largest absolute Gasteiger partial charge is 0.507 e. The van der Waals surface area contributed by atoms with Gasteiger partial charge in [0.15, 0.2) is 5.82 Å². The van der Waals surface area contributed by atoms with Crippen LogP contribution in [0.1, 0.15) is 32.7 Å². The number of nitrogens with zero attached hydrogens (tertiary/aromatic N) is 2. The van der Waals surface area contributed by atoms with Gasteiger partial charge in [-0.25, -0.2) is 4.98 Å². The van der Waals surface area contributed by atoms with Crippen LogP contribution in [-0.2, 0) is 0 Å². The number of piperidine rings is 1. The van der Waals surface area contributed by atoms with Crippen LogP contribution in [0.25, 0.3) is 11.3 Å². The number of phenolic OH excluding ortho intramolecular Hbond substituents is 1. The number of hydrogen-bond donors (Lipinski definition) is 3. The summed E-state index contributed by atoms with van der Waals surface area (Å²) in [5.74, 6) is 0.618. The Balaban J connectivity index is 2.05. The summed E-state index contributed by atoms with van der Waals surface area (Å²) < 4.78 is 7.31. The monoisotopic (exact) mass is 344 g/mol. The second-order valence-corrected chi connectivity index (χ2v) is 6.57. The zero-order valence-corrected chi connectivity index (χ0v) is 14.5. The molecule has 1 atom stereocenters. The first-order valence-corrected chi connectivity index (χ1v) is 8.55. The average Bonchev–Trinajstić information content (AvgIpc) is 2.59. The molecular weight excluding hydrogens is 320 g/mol. The minimum Gasteiger partial charge on any atom is -0.507 e. The number of nitrogen functional groups attached to an aromatic ring is 1. The second kappa shape index (κ2) is 7.14. The van der Waals surface area contributed by atoms with Crippen molar-refractivity contribution < 1.29 is 9.84 Å². The summed E-state index contributed by atoms with van der Waals surface area (Å²) in [5.41, 5.74) is 6.50. The number of benzene rings is 1. The van der Waals surface area contributed by atoms with Crippen LogP contribution in [0.3, 0.4) is 0 Å². The van der Waals surface area contributed by atoms with Crippen molar-refractivity contribution in [1.82, 2.24) is 14.9 Å². The summed E-state index contributed by atoms with van der Waals surface area (Å²) in [6.07, 6.45) is 3.58. The molecule has 7 nitrogen and oxygen atoms in total. The quantitative estimate of drug-likeness (QED) is 0.783. The van der Waals surface area contributed by atoms with Gasteiger partial charge in [0, 0.05) is 24.3 Å². The van der Waals surface area contributed by atoms with Gasteiger partial charge < -0.3 is 25.5 Å². The summed E-state index contributed by atoms with van der Waals surface area (Å²) in [7, 11) is 0. The van der Waals surface area contributed by atoms with E-state index in [2.05, 4.69) is 10.3 Å². The average molecular weight is 344 g/mol. The lowest BCUT2D eigenvalue weighted by Gasteiger charge is -2.25. The van der Waals surface area contributed by atoms with Gasteiger partial charge in [-0.05, 0) is 51.4 Å². The predicted octanol–water partition coefficient (Wildman–Crippen LogP) is 1.91. The van der Waals surface area contributed by atoms with E-state index >= 15 is 0 Å². The third kappa shape index (κ3) is 3.76. The van der Waals surface area contributed by atoms with Crippen molar-refractivity contribution in [2.45, 2.75) is 38.8 Å². The third-order valence-corrected chi connectivity index (χ3v) is 4.24. The van der Waals surface area contributed by atoms with Gasteiger partial charge in [0.1, 0.15) is 11.5 Å². The third-order valence-electron chi connectivity index (χ3n) is 4.24. The number of rotatable bonds is 4. The summed E-state index contributed by atoms with van der Waals surface area (Å²) in [4.78, 5) is 16.6. The number of nitrogens with two attached hydrogens (primary N) is 1. The molecule has 1 unspecified atom stereocenters. The van der Waals surface area contributed by atoms with Crippen molar-refractivity contribution in [2.75, 3.05) is 18.8 Å². The molecule has 25 heavy (non-hydrogen) atoms. The fourth-order valence-corrected chi connectivity index (χ4v) is 3.07. The number of nitrogens with one attached hydrogen (secondary N) is 1. The Labute approximate surface area is 146 Å². The predicted molar refractivity (Wildman–Crippen MR) is 96.9 cm³/mol. The highest BCUT2D eigenvalue weighted by Gasteiger charge is 2.19. The lowest BCUT2D eigenvalue weighted by atomic mass is 10.1. The van der Waals surface area contributed by atoms with Crippen LogP contribution in [0.5, 0.6) is 11.5 Å². The standard InChI is InChI=1S/C18H24N4O3/c1-11(2)25-13-5-6-16(23)14(8-13)15-10-22(18(24)17(19)21-15)12-4-3-7-20-9-12/h5-6,8,10-12,20,23H,3-4,7,9H2,1-2H3,(H2,19,21). The summed E-state index contributed by atoms with van der Waals surface area (Å²) >= 11 is 0. The fraction of sp³-hybridized carbons (Fsp3) is 0.444. The molecule has 1 aliphatic rings. The Bertz CT molecular complexity index is 810. The smallest absolute Gasteiger partial charge is 0.293 e. The van der Waals surface area contributed by atoms with E-state index in [4.69, 9.17) is 10.5 Å². The zero-order chi connectivity index (χ0) is 18.0. The topological polar surface area (TPSA) is 102 Å². The number of ether oxygens (including phenoxy) is 1. The van der Waals surface area contributed by atoms with Crippen LogP contribution in [0.4, 0.5) is 5.82 Å². The molecule has 0 saturated carbocycles. The Hall–Kier alpha value is -2.54. The fourth-order valence-electron chi connectivity index (χ4n) is 3.07. The van der Waals surface area contributed by atoms with Gasteiger partial charge in [0.25, 0.3) is 5.56 Å². The first-order valence-electron chi connectivity index (χ1n) is 8.55. The number of anilines is 1. The molecule has 0 radical (unpaired) electrons. The maximum atomic E-state index is 12.4. The summed E-state index contributed by atoms with van der Waals surface area (Å²) in [5, 5.41) is 13.5. The van der Waals surface area contributed by atoms with Crippen LogP contribution >= 0.6 is 0 Å². The molecule has 7 heteroatoms. The van der Waals surface area contributed by atoms with Gasteiger partial charge in [-0.15, -0.1) is 0 Å². The molecule has 0 spiro atoms. The van der Waals surface area contributed by atoms with Gasteiger partial charge >= 0.3 is 0 Å². The van der Waals surface area contributed by atoms with Crippen LogP contribution in [-0.4, -0.2) is 33.9 Å². The zero-order valence-electron chi connectivity index (χ0n) is 14.5. The minimum absolute atomic E-state index is 0.0117. The molecular formula is C18H24N4O3. The molecule has 0 amide bonds. The van der Waals surface area contributed by atoms with Crippen LogP contribution in [0, 0.1) is 0 Å². The molecule has 2 aromatic rings. The number of hydrogen-bond acceptors (Lipinski definition) is 6. The maximum Gasteiger partial charge on any atom is 0.293 e. The first kappa shape index (κ1) is 17.3. The van der Waals surface area contributed by atoms with E-state index in [1.165, 1.54) is 0 Å². The Morgan fingerprint density at radius 2 is 2.24 bits per heavy atom. The van der Waals surface area contributed by atoms with Crippen molar-refractivity contribution in [3.8, 4) is 22.8 Å². The van der Waals surface area contributed by atoms with Crippen molar-refractivity contribution >= 4 is 5.82 Å². The normalized spacial score (nSPS) is 17.6. The lowest BCUT2D eigenvalue weighted by molar-refractivity contribution is 0.242. The van der Waals surface area contributed by atoms with Crippen LogP contribution < -0.4 is 21.3 Å². The first-order chi connectivity index (χ1) is 12.0. The van der Waals surface area contributed by atoms with Gasteiger partial charge in [-0.3, -0.25) is 4.79 Å². The van der Waals surface area contributed by atoms with Crippen LogP contribution in [0.15, 0.2) is 29.2 Å². The Kier molecular flexibility index (Phi) is 4.94. The van der Waals surface area contributed by atoms with Crippen molar-refractivity contribution in [2.24, 2.45) is 0 Å². The second-order valence-electron chi connectivity index (χ2n) is 6.57. The van der Waals surface area contributed by atoms with E-state index in [0.29, 0.717) is 23.6 Å². The van der Waals surface area contributed by atoms with E-state index in [9.17, 15) is 9.90 Å². The van der Waals surface area contributed by atoms with Crippen molar-refractivity contribution in [3.05, 3.63) is 34.7 Å². The highest BCUT2D eigenvalue weighted by molar-refractivity contribution is 5.68. The number of phenols is 1. The van der Waals surface area contributed by atoms with Crippen molar-refractivity contribution in [1.29, 1.82) is 0 Å². The van der Waals surface area contributed by atoms with E-state index in [0.717, 1.165) is 19.4 Å². The van der Waals surface area contributed by atoms with E-state index in [1.807, 2.05) is 13.8 Å². The molecule has 1 fully saturated rings. The van der Waals surface area contributed by atoms with Gasteiger partial charge in [-0.2, -0.15) is 0 Å². The maximum absolute atomic E-state index is 12.4. The summed E-state index contributed by atoms with van der Waals surface area (Å²) in [6.45, 7) is 5.53. The lowest BCUT2D eigenvalue weighted by Crippen LogP contribution is -2.37. The molecule has 1 aromatic carbocycles. The highest BCUT2D eigenvalue weighted by Crippen LogP contribution is 2.32. The molecule has 1 aliphatic heterocycles. The van der Waals surface area contributed by atoms with Gasteiger partial charge in [0.2, 0.25) is 0 Å². The minimum atomic E-state index is -0.300. The van der Waals surface area contributed by atoms with Gasteiger partial charge in [0.05, 0.1) is 11.8 Å². The molecule has 0 aliphatic carbocycles.